The van der Waals surface area contributed by atoms with E-state index in [1.165, 1.54) is 63.8 Å². The lowest BCUT2D eigenvalue weighted by molar-refractivity contribution is -0.322. The molecule has 6 rings (SSSR count). The Labute approximate surface area is 334 Å². The second-order valence-electron chi connectivity index (χ2n) is 13.4. The third kappa shape index (κ3) is 9.00. The van der Waals surface area contributed by atoms with Gasteiger partial charge < -0.3 is 93.1 Å². The molecule has 2 fully saturated rings. The fraction of sp³-hybridized carbons (Fsp3) is 0.385. The average Bonchev–Trinajstić information content (AvgIpc) is 3.22. The van der Waals surface area contributed by atoms with Crippen molar-refractivity contribution in [3.05, 3.63) is 70.4 Å². The van der Waals surface area contributed by atoms with Gasteiger partial charge in [-0.05, 0) is 48.0 Å². The largest absolute Gasteiger partial charge is 0.510 e. The molecule has 3 heterocycles. The number of carbonyl (C=O) groups excluding carboxylic acids is 1. The van der Waals surface area contributed by atoms with Gasteiger partial charge in [0.25, 0.3) is 6.10 Å². The second-order valence-corrected chi connectivity index (χ2v) is 13.4. The quantitative estimate of drug-likeness (QED) is 0.0479. The van der Waals surface area contributed by atoms with Gasteiger partial charge in [-0.15, -0.1) is 0 Å². The van der Waals surface area contributed by atoms with Crippen molar-refractivity contribution < 1.29 is 93.1 Å². The Hall–Kier alpha value is -5.68. The number of rotatable bonds is 13. The van der Waals surface area contributed by atoms with Gasteiger partial charge >= 0.3 is 5.97 Å². The molecule has 6 unspecified atom stereocenters. The highest BCUT2D eigenvalue weighted by Crippen LogP contribution is 2.44. The summed E-state index contributed by atoms with van der Waals surface area (Å²) in [6.45, 7) is -1.44. The number of methoxy groups -OCH3 is 3. The van der Waals surface area contributed by atoms with Crippen LogP contribution in [-0.4, -0.2) is 153 Å². The zero-order valence-electron chi connectivity index (χ0n) is 31.5. The first kappa shape index (κ1) is 42.9. The zero-order chi connectivity index (χ0) is 42.7. The molecule has 3 aliphatic heterocycles. The van der Waals surface area contributed by atoms with E-state index in [-0.39, 0.29) is 57.1 Å². The first-order valence-corrected chi connectivity index (χ1v) is 17.8. The number of benzene rings is 3. The first-order chi connectivity index (χ1) is 28.2. The second kappa shape index (κ2) is 18.1. The van der Waals surface area contributed by atoms with Crippen molar-refractivity contribution in [1.82, 2.24) is 0 Å². The smallest absolute Gasteiger partial charge is 0.507 e. The number of ether oxygens (including phenoxy) is 8. The molecule has 0 bridgehead atoms. The number of aliphatic hydroxyl groups is 6. The van der Waals surface area contributed by atoms with Crippen molar-refractivity contribution in [2.75, 3.05) is 34.5 Å². The number of hydrogen-bond donors (Lipinski definition) is 9. The average molecular weight is 832 g/mol. The van der Waals surface area contributed by atoms with Crippen LogP contribution in [0.2, 0.25) is 0 Å². The SMILES string of the molecule is COc1cc(-c2oc3cc(=O)cc(O)c-3cc2O[C@@H]2OC(CO[C@@H]3OC(CO)[C@@H](O)C(O)C3O)[C@@H](OC(=[OH+])C=Cc3cc(OC)c(O)c(OC)c3)C(O)C2O)ccc1O. The van der Waals surface area contributed by atoms with Gasteiger partial charge in [-0.25, -0.2) is 0 Å². The fourth-order valence-corrected chi connectivity index (χ4v) is 6.44. The summed E-state index contributed by atoms with van der Waals surface area (Å²) in [7, 11) is 3.95. The van der Waals surface area contributed by atoms with Crippen LogP contribution in [0.3, 0.4) is 0 Å². The highest BCUT2D eigenvalue weighted by atomic mass is 16.7. The number of aliphatic hydroxyl groups excluding tert-OH is 6. The Morgan fingerprint density at radius 2 is 1.41 bits per heavy atom. The number of esters is 1. The van der Waals surface area contributed by atoms with Crippen LogP contribution >= 0.6 is 0 Å². The van der Waals surface area contributed by atoms with E-state index in [9.17, 15) is 55.5 Å². The monoisotopic (exact) mass is 831 g/mol. The van der Waals surface area contributed by atoms with Crippen molar-refractivity contribution in [1.29, 1.82) is 0 Å². The molecule has 4 aliphatic rings. The molecular formula is C39H43O20+. The lowest BCUT2D eigenvalue weighted by atomic mass is 9.98. The Morgan fingerprint density at radius 3 is 2.07 bits per heavy atom. The molecule has 0 amide bonds. The molecule has 318 valence electrons. The van der Waals surface area contributed by atoms with Crippen molar-refractivity contribution in [3.8, 4) is 62.9 Å². The molecule has 2 aromatic carbocycles. The third-order valence-corrected chi connectivity index (χ3v) is 9.58. The van der Waals surface area contributed by atoms with Gasteiger partial charge in [0.2, 0.25) is 12.0 Å². The molecule has 20 heteroatoms. The molecule has 0 aromatic heterocycles. The zero-order valence-corrected chi connectivity index (χ0v) is 31.5. The number of fused-ring (bicyclic) bond motifs is 1. The minimum atomic E-state index is -1.97. The van der Waals surface area contributed by atoms with Gasteiger partial charge in [-0.1, -0.05) is 0 Å². The van der Waals surface area contributed by atoms with Gasteiger partial charge in [0.1, 0.15) is 42.0 Å². The summed E-state index contributed by atoms with van der Waals surface area (Å²) >= 11 is 0. The van der Waals surface area contributed by atoms with Crippen molar-refractivity contribution in [2.24, 2.45) is 0 Å². The topological polar surface area (TPSA) is 308 Å². The van der Waals surface area contributed by atoms with Crippen LogP contribution < -0.4 is 24.4 Å². The Kier molecular flexibility index (Phi) is 13.1. The van der Waals surface area contributed by atoms with Gasteiger partial charge in [-0.2, -0.15) is 0 Å². The van der Waals surface area contributed by atoms with E-state index >= 15 is 0 Å². The van der Waals surface area contributed by atoms with Crippen molar-refractivity contribution in [3.63, 3.8) is 0 Å². The van der Waals surface area contributed by atoms with E-state index in [0.29, 0.717) is 5.56 Å². The number of aromatic hydroxyl groups is 3. The fourth-order valence-electron chi connectivity index (χ4n) is 6.44. The van der Waals surface area contributed by atoms with Gasteiger partial charge in [0, 0.05) is 17.7 Å². The summed E-state index contributed by atoms with van der Waals surface area (Å²) in [4.78, 5) is 23.1. The lowest BCUT2D eigenvalue weighted by Gasteiger charge is -2.42. The lowest BCUT2D eigenvalue weighted by Crippen LogP contribution is -2.63. The Morgan fingerprint density at radius 1 is 0.746 bits per heavy atom. The van der Waals surface area contributed by atoms with Crippen LogP contribution in [-0.2, 0) is 18.9 Å². The number of phenols is 3. The highest BCUT2D eigenvalue weighted by Gasteiger charge is 2.53. The standard InChI is InChI=1S/C39H42O20/c1-51-23-10-17(5-6-20(23)42)36-26(13-19-21(43)11-18(41)12-22(19)55-36)56-39-35(50)33(48)37(28(58-39)15-54-38-34(49)32(47)31(46)27(14-40)57-38)59-29(44)7-4-16-8-24(52-2)30(45)25(9-16)53-3/h4-13,27-28,31-35,37-40,42-43,45-50H,14-15H2,1-3H3/p+1/t27?,28?,31-,32?,33?,34?,35?,37-,38-,39-/m1/s1. The summed E-state index contributed by atoms with van der Waals surface area (Å²) < 4.78 is 50.5. The molecule has 20 nitrogen and oxygen atoms in total. The Bertz CT molecular complexity index is 2140. The van der Waals surface area contributed by atoms with Crippen LogP contribution in [0.4, 0.5) is 0 Å². The summed E-state index contributed by atoms with van der Waals surface area (Å²) in [5.74, 6) is -2.08. The van der Waals surface area contributed by atoms with Crippen molar-refractivity contribution in [2.45, 2.75) is 61.4 Å². The van der Waals surface area contributed by atoms with Crippen LogP contribution in [0.1, 0.15) is 5.56 Å². The molecule has 2 saturated heterocycles. The highest BCUT2D eigenvalue weighted by molar-refractivity contribution is 5.88. The number of phenolic OH excluding ortho intramolecular Hbond substituents is 3. The molecule has 59 heavy (non-hydrogen) atoms. The predicted octanol–water partition coefficient (Wildman–Crippen LogP) is -0.203. The molecular weight excluding hydrogens is 788 g/mol. The summed E-state index contributed by atoms with van der Waals surface area (Å²) in [5, 5.41) is 94.8. The predicted molar refractivity (Wildman–Crippen MR) is 200 cm³/mol. The van der Waals surface area contributed by atoms with E-state index in [2.05, 4.69) is 0 Å². The van der Waals surface area contributed by atoms with E-state index in [0.717, 1.165) is 18.2 Å². The first-order valence-electron chi connectivity index (χ1n) is 17.8. The minimum Gasteiger partial charge on any atom is -0.507 e. The summed E-state index contributed by atoms with van der Waals surface area (Å²) in [5.41, 5.74) is 0.000818. The van der Waals surface area contributed by atoms with E-state index in [1.54, 1.807) is 0 Å². The number of hydrogen-bond acceptors (Lipinski definition) is 19. The molecule has 10 atom stereocenters. The maximum atomic E-state index is 12.2. The minimum absolute atomic E-state index is 0.00108. The van der Waals surface area contributed by atoms with Crippen LogP contribution in [0.25, 0.3) is 28.7 Å². The maximum absolute atomic E-state index is 12.2. The van der Waals surface area contributed by atoms with E-state index in [4.69, 9.17) is 42.3 Å². The summed E-state index contributed by atoms with van der Waals surface area (Å²) in [6.07, 6.45) is -14.9. The van der Waals surface area contributed by atoms with Crippen LogP contribution in [0, 0.1) is 0 Å². The molecule has 10 N–H and O–H groups in total. The maximum Gasteiger partial charge on any atom is 0.510 e. The van der Waals surface area contributed by atoms with Crippen LogP contribution in [0.15, 0.2) is 63.8 Å². The van der Waals surface area contributed by atoms with Crippen molar-refractivity contribution >= 4 is 12.0 Å². The summed E-state index contributed by atoms with van der Waals surface area (Å²) in [6, 6.07) is 10.2. The molecule has 0 saturated carbocycles. The van der Waals surface area contributed by atoms with E-state index in [1.807, 2.05) is 0 Å². The van der Waals surface area contributed by atoms with Gasteiger partial charge in [0.05, 0.1) is 46.2 Å². The molecule has 0 radical (unpaired) electrons. The van der Waals surface area contributed by atoms with E-state index < -0.39 is 91.8 Å². The van der Waals surface area contributed by atoms with Gasteiger partial charge in [0.15, 0.2) is 58.4 Å². The molecule has 2 aromatic rings. The molecule has 1 aliphatic carbocycles. The van der Waals surface area contributed by atoms with Gasteiger partial charge in [-0.3, -0.25) is 4.79 Å². The van der Waals surface area contributed by atoms with Crippen LogP contribution in [0.5, 0.6) is 40.2 Å². The normalized spacial score (nSPS) is 27.1. The molecule has 0 spiro atoms. The third-order valence-electron chi connectivity index (χ3n) is 9.58. The Balaban J connectivity index is 1.33.